The van der Waals surface area contributed by atoms with Crippen molar-refractivity contribution < 1.29 is 23.9 Å². The van der Waals surface area contributed by atoms with E-state index in [-0.39, 0.29) is 23.7 Å². The van der Waals surface area contributed by atoms with Gasteiger partial charge in [0, 0.05) is 22.0 Å². The Hall–Kier alpha value is -3.49. The Bertz CT molecular complexity index is 1410. The van der Waals surface area contributed by atoms with Gasteiger partial charge < -0.3 is 10.1 Å². The molecule has 7 rings (SSSR count). The second-order valence-corrected chi connectivity index (χ2v) is 11.0. The van der Waals surface area contributed by atoms with Crippen LogP contribution in [0.15, 0.2) is 71.2 Å². The molecular formula is C29H22BrClN2O5. The van der Waals surface area contributed by atoms with Crippen LogP contribution in [0, 0.1) is 11.8 Å². The molecule has 3 aromatic rings. The van der Waals surface area contributed by atoms with Gasteiger partial charge in [0.2, 0.25) is 11.8 Å². The van der Waals surface area contributed by atoms with Gasteiger partial charge in [-0.1, -0.05) is 60.1 Å². The summed E-state index contributed by atoms with van der Waals surface area (Å²) in [5, 5.41) is 3.02. The number of imide groups is 1. The Morgan fingerprint density at radius 1 is 0.921 bits per heavy atom. The molecule has 1 fully saturated rings. The van der Waals surface area contributed by atoms with Crippen LogP contribution >= 0.6 is 27.5 Å². The third-order valence-corrected chi connectivity index (χ3v) is 8.99. The van der Waals surface area contributed by atoms with E-state index in [4.69, 9.17) is 16.3 Å². The first-order valence-electron chi connectivity index (χ1n) is 12.2. The molecule has 0 unspecified atom stereocenters. The number of nitrogens with one attached hydrogen (secondary N) is 1. The van der Waals surface area contributed by atoms with Gasteiger partial charge in [-0.25, -0.2) is 4.79 Å². The molecule has 38 heavy (non-hydrogen) atoms. The van der Waals surface area contributed by atoms with E-state index in [1.807, 2.05) is 48.5 Å². The van der Waals surface area contributed by atoms with Crippen molar-refractivity contribution in [2.75, 3.05) is 11.9 Å². The number of rotatable bonds is 5. The minimum absolute atomic E-state index is 0.259. The standard InChI is InChI=1S/C29H22BrClN2O5/c1-14(29(37)38-13-22(34)32-15-10-11-20(30)21(31)12-15)33-27(35)25-23-16-6-2-3-7-17(16)24(26(25)28(33)36)19-9-5-4-8-18(19)23/h2-12,14,23-26H,13H2,1H3,(H,32,34)/t14-,23?,24?,25-,26-/m1/s1. The predicted octanol–water partition coefficient (Wildman–Crippen LogP) is 4.86. The van der Waals surface area contributed by atoms with E-state index in [9.17, 15) is 19.2 Å². The van der Waals surface area contributed by atoms with E-state index in [1.165, 1.54) is 6.92 Å². The van der Waals surface area contributed by atoms with Crippen molar-refractivity contribution in [1.82, 2.24) is 4.90 Å². The molecule has 0 spiro atoms. The van der Waals surface area contributed by atoms with Crippen molar-refractivity contribution in [3.63, 3.8) is 0 Å². The molecule has 0 aromatic heterocycles. The largest absolute Gasteiger partial charge is 0.454 e. The molecule has 3 atom stereocenters. The third-order valence-electron chi connectivity index (χ3n) is 7.76. The molecule has 2 bridgehead atoms. The molecule has 0 radical (unpaired) electrons. The minimum atomic E-state index is -1.17. The summed E-state index contributed by atoms with van der Waals surface area (Å²) in [7, 11) is 0. The fourth-order valence-electron chi connectivity index (χ4n) is 6.22. The summed E-state index contributed by atoms with van der Waals surface area (Å²) in [5.74, 6) is -3.83. The lowest BCUT2D eigenvalue weighted by molar-refractivity contribution is -0.159. The summed E-state index contributed by atoms with van der Waals surface area (Å²) in [5.41, 5.74) is 4.66. The van der Waals surface area contributed by atoms with Crippen LogP contribution in [-0.4, -0.2) is 41.2 Å². The Kier molecular flexibility index (Phi) is 6.12. The maximum Gasteiger partial charge on any atom is 0.329 e. The van der Waals surface area contributed by atoms with Gasteiger partial charge in [0.1, 0.15) is 6.04 Å². The summed E-state index contributed by atoms with van der Waals surface area (Å²) >= 11 is 9.33. The van der Waals surface area contributed by atoms with Gasteiger partial charge >= 0.3 is 5.97 Å². The first-order valence-corrected chi connectivity index (χ1v) is 13.4. The highest BCUT2D eigenvalue weighted by molar-refractivity contribution is 9.10. The fraction of sp³-hybridized carbons (Fsp3) is 0.241. The fourth-order valence-corrected chi connectivity index (χ4v) is 6.64. The minimum Gasteiger partial charge on any atom is -0.454 e. The zero-order valence-electron chi connectivity index (χ0n) is 20.2. The Morgan fingerprint density at radius 3 is 1.89 bits per heavy atom. The highest BCUT2D eigenvalue weighted by atomic mass is 79.9. The van der Waals surface area contributed by atoms with Crippen LogP contribution in [0.3, 0.4) is 0 Å². The van der Waals surface area contributed by atoms with Gasteiger partial charge in [-0.3, -0.25) is 19.3 Å². The van der Waals surface area contributed by atoms with Crippen LogP contribution in [0.2, 0.25) is 5.02 Å². The molecule has 0 saturated carbocycles. The monoisotopic (exact) mass is 592 g/mol. The molecule has 1 heterocycles. The van der Waals surface area contributed by atoms with Crippen LogP contribution in [0.1, 0.15) is 41.0 Å². The first-order chi connectivity index (χ1) is 18.3. The van der Waals surface area contributed by atoms with E-state index in [2.05, 4.69) is 21.2 Å². The van der Waals surface area contributed by atoms with Crippen LogP contribution in [0.4, 0.5) is 5.69 Å². The Morgan fingerprint density at radius 2 is 1.42 bits per heavy atom. The highest BCUT2D eigenvalue weighted by Gasteiger charge is 2.62. The average molecular weight is 594 g/mol. The van der Waals surface area contributed by atoms with Gasteiger partial charge in [-0.2, -0.15) is 0 Å². The Balaban J connectivity index is 1.20. The number of nitrogens with zero attached hydrogens (tertiary/aromatic N) is 1. The van der Waals surface area contributed by atoms with E-state index in [0.717, 1.165) is 27.2 Å². The lowest BCUT2D eigenvalue weighted by Gasteiger charge is -2.45. The summed E-state index contributed by atoms with van der Waals surface area (Å²) in [6.45, 7) is 0.895. The van der Waals surface area contributed by atoms with Gasteiger partial charge in [0.25, 0.3) is 5.91 Å². The summed E-state index contributed by atoms with van der Waals surface area (Å²) < 4.78 is 5.89. The highest BCUT2D eigenvalue weighted by Crippen LogP contribution is 2.61. The number of hydrogen-bond donors (Lipinski definition) is 1. The number of carbonyl (C=O) groups is 4. The summed E-state index contributed by atoms with van der Waals surface area (Å²) in [6.07, 6.45) is 0. The molecular weight excluding hydrogens is 572 g/mol. The topological polar surface area (TPSA) is 92.8 Å². The number of hydrogen-bond acceptors (Lipinski definition) is 5. The molecule has 1 N–H and O–H groups in total. The quantitative estimate of drug-likeness (QED) is 0.337. The zero-order chi connectivity index (χ0) is 26.7. The van der Waals surface area contributed by atoms with E-state index < -0.39 is 36.4 Å². The molecule has 1 saturated heterocycles. The lowest BCUT2D eigenvalue weighted by Crippen LogP contribution is -2.45. The zero-order valence-corrected chi connectivity index (χ0v) is 22.5. The number of halogens is 2. The van der Waals surface area contributed by atoms with Crippen molar-refractivity contribution in [3.05, 3.63) is 98.5 Å². The maximum atomic E-state index is 13.7. The predicted molar refractivity (Wildman–Crippen MR) is 144 cm³/mol. The summed E-state index contributed by atoms with van der Waals surface area (Å²) in [4.78, 5) is 53.8. The Labute approximate surface area is 232 Å². The van der Waals surface area contributed by atoms with E-state index >= 15 is 0 Å². The maximum absolute atomic E-state index is 13.7. The molecule has 9 heteroatoms. The van der Waals surface area contributed by atoms with Crippen molar-refractivity contribution in [2.45, 2.75) is 24.8 Å². The molecule has 192 valence electrons. The molecule has 4 aliphatic rings. The van der Waals surface area contributed by atoms with Gasteiger partial charge in [0.05, 0.1) is 16.9 Å². The van der Waals surface area contributed by atoms with Crippen molar-refractivity contribution in [1.29, 1.82) is 0 Å². The molecule has 3 aliphatic carbocycles. The number of benzene rings is 3. The molecule has 7 nitrogen and oxygen atoms in total. The smallest absolute Gasteiger partial charge is 0.329 e. The number of ether oxygens (including phenoxy) is 1. The number of amides is 3. The van der Waals surface area contributed by atoms with E-state index in [1.54, 1.807) is 18.2 Å². The second-order valence-electron chi connectivity index (χ2n) is 9.77. The second kappa shape index (κ2) is 9.36. The van der Waals surface area contributed by atoms with Crippen LogP contribution < -0.4 is 5.32 Å². The number of carbonyl (C=O) groups excluding carboxylic acids is 4. The normalized spacial score (nSPS) is 23.4. The molecule has 3 amide bonds. The van der Waals surface area contributed by atoms with Crippen LogP contribution in [0.5, 0.6) is 0 Å². The van der Waals surface area contributed by atoms with Crippen LogP contribution in [0.25, 0.3) is 0 Å². The first kappa shape index (κ1) is 24.8. The van der Waals surface area contributed by atoms with Crippen molar-refractivity contribution >= 4 is 56.9 Å². The average Bonchev–Trinajstić information content (AvgIpc) is 3.19. The molecule has 3 aromatic carbocycles. The lowest BCUT2D eigenvalue weighted by atomic mass is 9.55. The molecule has 1 aliphatic heterocycles. The number of likely N-dealkylation sites (tertiary alicyclic amines) is 1. The number of esters is 1. The third kappa shape index (κ3) is 3.77. The SMILES string of the molecule is C[C@H](C(=O)OCC(=O)Nc1ccc(Br)c(Cl)c1)N1C(=O)[C@@H]2C3c4ccccc4C(c4ccccc43)[C@H]2C1=O. The summed E-state index contributed by atoms with van der Waals surface area (Å²) in [6, 6.07) is 19.6. The number of anilines is 1. The van der Waals surface area contributed by atoms with Gasteiger partial charge in [-0.05, 0) is 63.3 Å². The van der Waals surface area contributed by atoms with Gasteiger partial charge in [0.15, 0.2) is 6.61 Å². The van der Waals surface area contributed by atoms with Crippen LogP contribution in [-0.2, 0) is 23.9 Å². The van der Waals surface area contributed by atoms with Crippen molar-refractivity contribution in [3.8, 4) is 0 Å². The van der Waals surface area contributed by atoms with E-state index in [0.29, 0.717) is 15.2 Å². The van der Waals surface area contributed by atoms with Crippen molar-refractivity contribution in [2.24, 2.45) is 11.8 Å². The van der Waals surface area contributed by atoms with Gasteiger partial charge in [-0.15, -0.1) is 0 Å².